The molecule has 0 spiro atoms. The van der Waals surface area contributed by atoms with E-state index in [9.17, 15) is 9.59 Å². The van der Waals surface area contributed by atoms with Gasteiger partial charge in [-0.2, -0.15) is 0 Å². The number of carbonyl (C=O) groups excluding carboxylic acids is 2. The summed E-state index contributed by atoms with van der Waals surface area (Å²) in [5.74, 6) is 0.581. The van der Waals surface area contributed by atoms with Crippen molar-refractivity contribution >= 4 is 33.6 Å². The van der Waals surface area contributed by atoms with Crippen molar-refractivity contribution in [3.05, 3.63) is 40.9 Å². The van der Waals surface area contributed by atoms with Gasteiger partial charge < -0.3 is 21.0 Å². The topological polar surface area (TPSA) is 148 Å². The molecular weight excluding hydrogens is 492 g/mol. The van der Waals surface area contributed by atoms with Crippen LogP contribution in [0.1, 0.15) is 44.1 Å². The summed E-state index contributed by atoms with van der Waals surface area (Å²) in [5, 5.41) is 8.46. The van der Waals surface area contributed by atoms with E-state index in [1.807, 2.05) is 4.68 Å². The second-order valence-corrected chi connectivity index (χ2v) is 10.3. The van der Waals surface area contributed by atoms with E-state index in [-0.39, 0.29) is 24.0 Å². The zero-order chi connectivity index (χ0) is 23.2. The van der Waals surface area contributed by atoms with Gasteiger partial charge >= 0.3 is 5.97 Å². The van der Waals surface area contributed by atoms with Crippen molar-refractivity contribution in [1.82, 2.24) is 14.8 Å². The molecule has 0 radical (unpaired) electrons. The number of carbonyl (C=O) groups is 2. The summed E-state index contributed by atoms with van der Waals surface area (Å²) in [6.45, 7) is -0.211. The van der Waals surface area contributed by atoms with Crippen molar-refractivity contribution in [3.8, 4) is 5.75 Å². The molecule has 2 atom stereocenters. The lowest BCUT2D eigenvalue weighted by Gasteiger charge is -2.60. The highest BCUT2D eigenvalue weighted by atomic mass is 79.9. The number of halogens is 1. The second-order valence-electron chi connectivity index (χ2n) is 9.56. The molecule has 4 fully saturated rings. The number of primary amides is 1. The highest BCUT2D eigenvalue weighted by molar-refractivity contribution is 9.10. The van der Waals surface area contributed by atoms with Crippen molar-refractivity contribution in [2.24, 2.45) is 33.9 Å². The number of nitrogens with zero attached hydrogens (tertiary/aromatic N) is 4. The third-order valence-electron chi connectivity index (χ3n) is 7.17. The number of benzene rings is 1. The van der Waals surface area contributed by atoms with Crippen LogP contribution in [-0.2, 0) is 20.0 Å². The second kappa shape index (κ2) is 8.12. The van der Waals surface area contributed by atoms with Crippen LogP contribution in [0.25, 0.3) is 0 Å². The minimum absolute atomic E-state index is 0.0875. The Kier molecular flexibility index (Phi) is 5.38. The summed E-state index contributed by atoms with van der Waals surface area (Å²) in [6.07, 6.45) is 7.19. The first kappa shape index (κ1) is 21.9. The summed E-state index contributed by atoms with van der Waals surface area (Å²) < 4.78 is 7.72. The molecule has 174 valence electrons. The minimum atomic E-state index is -0.585. The number of oxime groups is 1. The average molecular weight is 517 g/mol. The lowest BCUT2D eigenvalue weighted by Crippen LogP contribution is -2.59. The van der Waals surface area contributed by atoms with Crippen molar-refractivity contribution in [2.75, 3.05) is 6.61 Å². The smallest absolute Gasteiger partial charge is 0.341 e. The molecule has 10 nitrogen and oxygen atoms in total. The number of rotatable bonds is 7. The van der Waals surface area contributed by atoms with E-state index in [0.717, 1.165) is 32.1 Å². The Morgan fingerprint density at radius 2 is 1.85 bits per heavy atom. The first-order chi connectivity index (χ1) is 15.8. The molecule has 4 saturated carbocycles. The summed E-state index contributed by atoms with van der Waals surface area (Å²) in [7, 11) is 0. The Balaban J connectivity index is 1.30. The zero-order valence-corrected chi connectivity index (χ0v) is 19.5. The molecule has 33 heavy (non-hydrogen) atoms. The van der Waals surface area contributed by atoms with Crippen LogP contribution in [0.15, 0.2) is 40.5 Å². The molecule has 1 aromatic carbocycles. The first-order valence-corrected chi connectivity index (χ1v) is 11.7. The molecule has 0 saturated heterocycles. The van der Waals surface area contributed by atoms with Crippen LogP contribution in [-0.4, -0.2) is 39.1 Å². The van der Waals surface area contributed by atoms with E-state index in [1.165, 1.54) is 0 Å². The van der Waals surface area contributed by atoms with Gasteiger partial charge in [0.05, 0.1) is 11.0 Å². The maximum atomic E-state index is 13.3. The summed E-state index contributed by atoms with van der Waals surface area (Å²) in [5.41, 5.74) is 10.9. The van der Waals surface area contributed by atoms with Crippen LogP contribution in [0, 0.1) is 17.3 Å². The van der Waals surface area contributed by atoms with Crippen LogP contribution < -0.4 is 16.2 Å². The zero-order valence-electron chi connectivity index (χ0n) is 17.9. The Bertz CT molecular complexity index is 1100. The van der Waals surface area contributed by atoms with Gasteiger partial charge in [0.2, 0.25) is 4.73 Å². The molecule has 4 aliphatic carbocycles. The Morgan fingerprint density at radius 3 is 2.45 bits per heavy atom. The van der Waals surface area contributed by atoms with Gasteiger partial charge in [-0.3, -0.25) is 4.79 Å². The number of ether oxygens (including phenoxy) is 1. The summed E-state index contributed by atoms with van der Waals surface area (Å²) >= 11 is 3.34. The number of aromatic nitrogens is 3. The standard InChI is InChI=1S/C22H25BrN6O4/c23-20-26-12-29(27-20)22-8-13-5-14(9-22)7-21(6-13,11-22)19(31)33-28-18(25)15-1-3-16(4-2-15)32-10-17(24)30/h1-4,12-14H,5-11H2,(H2,24,30)(H2,25,28). The maximum Gasteiger partial charge on any atom is 0.341 e. The predicted molar refractivity (Wildman–Crippen MR) is 121 cm³/mol. The first-order valence-electron chi connectivity index (χ1n) is 10.9. The van der Waals surface area contributed by atoms with E-state index in [2.05, 4.69) is 31.2 Å². The van der Waals surface area contributed by atoms with E-state index in [1.54, 1.807) is 30.6 Å². The summed E-state index contributed by atoms with van der Waals surface area (Å²) in [4.78, 5) is 33.8. The maximum absolute atomic E-state index is 13.3. The van der Waals surface area contributed by atoms with Crippen LogP contribution in [0.4, 0.5) is 0 Å². The summed E-state index contributed by atoms with van der Waals surface area (Å²) in [6, 6.07) is 6.62. The van der Waals surface area contributed by atoms with Crippen LogP contribution >= 0.6 is 15.9 Å². The fraction of sp³-hybridized carbons (Fsp3) is 0.500. The number of hydrogen-bond acceptors (Lipinski definition) is 7. The number of amidine groups is 1. The third-order valence-corrected chi connectivity index (χ3v) is 7.53. The fourth-order valence-corrected chi connectivity index (χ4v) is 6.57. The molecule has 11 heteroatoms. The Hall–Kier alpha value is -2.95. The van der Waals surface area contributed by atoms with Crippen molar-refractivity contribution in [3.63, 3.8) is 0 Å². The van der Waals surface area contributed by atoms with Gasteiger partial charge in [0.25, 0.3) is 5.91 Å². The molecule has 4 bridgehead atoms. The lowest BCUT2D eigenvalue weighted by atomic mass is 9.47. The molecule has 1 heterocycles. The van der Waals surface area contributed by atoms with E-state index in [4.69, 9.17) is 21.0 Å². The van der Waals surface area contributed by atoms with Gasteiger partial charge in [-0.15, -0.1) is 5.10 Å². The van der Waals surface area contributed by atoms with Gasteiger partial charge in [-0.05, 0) is 90.6 Å². The van der Waals surface area contributed by atoms with Crippen LogP contribution in [0.3, 0.4) is 0 Å². The number of nitrogens with two attached hydrogens (primary N) is 2. The molecule has 6 rings (SSSR count). The SMILES string of the molecule is NC(=O)COc1ccc(/C(N)=N/OC(=O)C23CC4CC(C2)CC(n2cnc(Br)n2)(C4)C3)cc1. The molecule has 0 aliphatic heterocycles. The fourth-order valence-electron chi connectivity index (χ4n) is 6.31. The van der Waals surface area contributed by atoms with Gasteiger partial charge in [0.1, 0.15) is 12.1 Å². The van der Waals surface area contributed by atoms with Gasteiger partial charge in [0, 0.05) is 5.56 Å². The molecule has 1 amide bonds. The third kappa shape index (κ3) is 4.09. The lowest BCUT2D eigenvalue weighted by molar-refractivity contribution is -0.179. The molecular formula is C22H25BrN6O4. The number of amides is 1. The highest BCUT2D eigenvalue weighted by Gasteiger charge is 2.62. The van der Waals surface area contributed by atoms with Gasteiger partial charge in [0.15, 0.2) is 12.4 Å². The quantitative estimate of drug-likeness (QED) is 0.247. The minimum Gasteiger partial charge on any atom is -0.484 e. The molecule has 1 aromatic heterocycles. The van der Waals surface area contributed by atoms with Crippen LogP contribution in [0.2, 0.25) is 0 Å². The van der Waals surface area contributed by atoms with Crippen molar-refractivity contribution in [1.29, 1.82) is 0 Å². The van der Waals surface area contributed by atoms with Crippen molar-refractivity contribution in [2.45, 2.75) is 44.1 Å². The van der Waals surface area contributed by atoms with E-state index in [0.29, 0.717) is 34.3 Å². The largest absolute Gasteiger partial charge is 0.484 e. The Morgan fingerprint density at radius 1 is 1.15 bits per heavy atom. The monoisotopic (exact) mass is 516 g/mol. The predicted octanol–water partition coefficient (Wildman–Crippen LogP) is 2.06. The van der Waals surface area contributed by atoms with E-state index >= 15 is 0 Å². The molecule has 4 aliphatic rings. The van der Waals surface area contributed by atoms with Crippen LogP contribution in [0.5, 0.6) is 5.75 Å². The van der Waals surface area contributed by atoms with Gasteiger partial charge in [-0.1, -0.05) is 5.16 Å². The normalized spacial score (nSPS) is 30.3. The van der Waals surface area contributed by atoms with Crippen molar-refractivity contribution < 1.29 is 19.2 Å². The molecule has 4 N–H and O–H groups in total. The molecule has 2 unspecified atom stereocenters. The molecule has 2 aromatic rings. The average Bonchev–Trinajstić information content (AvgIpc) is 3.22. The Labute approximate surface area is 198 Å². The van der Waals surface area contributed by atoms with E-state index < -0.39 is 11.3 Å². The van der Waals surface area contributed by atoms with Gasteiger partial charge in [-0.25, -0.2) is 14.5 Å². The highest BCUT2D eigenvalue weighted by Crippen LogP contribution is 2.64. The number of hydrogen-bond donors (Lipinski definition) is 2.